The summed E-state index contributed by atoms with van der Waals surface area (Å²) >= 11 is 1.78. The van der Waals surface area contributed by atoms with Gasteiger partial charge in [-0.15, -0.1) is 24.0 Å². The van der Waals surface area contributed by atoms with E-state index in [2.05, 4.69) is 13.8 Å². The van der Waals surface area contributed by atoms with Crippen LogP contribution in [0, 0.1) is 0 Å². The van der Waals surface area contributed by atoms with Crippen LogP contribution in [0.5, 0.6) is 0 Å². The van der Waals surface area contributed by atoms with Crippen molar-refractivity contribution in [1.29, 1.82) is 0 Å². The van der Waals surface area contributed by atoms with Crippen LogP contribution in [0.25, 0.3) is 0 Å². The van der Waals surface area contributed by atoms with Crippen molar-refractivity contribution in [3.8, 4) is 0 Å². The number of hydrogen-bond donors (Lipinski definition) is 1. The van der Waals surface area contributed by atoms with Crippen molar-refractivity contribution in [1.82, 2.24) is 0 Å². The highest BCUT2D eigenvalue weighted by Gasteiger charge is 1.89. The maximum Gasteiger partial charge on any atom is 0.0521 e. The third kappa shape index (κ3) is 10.1. The van der Waals surface area contributed by atoms with Gasteiger partial charge in [0.1, 0.15) is 0 Å². The molecule has 0 spiro atoms. The van der Waals surface area contributed by atoms with Gasteiger partial charge in [0.15, 0.2) is 0 Å². The SMILES string of the molecule is CC(C)SCCO.I. The lowest BCUT2D eigenvalue weighted by atomic mass is 10.6. The molecule has 3 heteroatoms. The lowest BCUT2D eigenvalue weighted by molar-refractivity contribution is 0.322. The van der Waals surface area contributed by atoms with Gasteiger partial charge in [-0.05, 0) is 5.25 Å². The normalized spacial score (nSPS) is 9.00. The maximum absolute atomic E-state index is 8.29. The molecule has 0 saturated heterocycles. The van der Waals surface area contributed by atoms with Crippen LogP contribution < -0.4 is 0 Å². The predicted molar refractivity (Wildman–Crippen MR) is 50.1 cm³/mol. The number of halogens is 1. The molecule has 8 heavy (non-hydrogen) atoms. The van der Waals surface area contributed by atoms with Gasteiger partial charge in [-0.25, -0.2) is 0 Å². The van der Waals surface area contributed by atoms with Crippen LogP contribution in [-0.2, 0) is 0 Å². The number of aliphatic hydroxyl groups excluding tert-OH is 1. The highest BCUT2D eigenvalue weighted by atomic mass is 127. The van der Waals surface area contributed by atoms with Gasteiger partial charge in [-0.3, -0.25) is 0 Å². The van der Waals surface area contributed by atoms with E-state index in [0.29, 0.717) is 11.9 Å². The Morgan fingerprint density at radius 3 is 2.12 bits per heavy atom. The summed E-state index contributed by atoms with van der Waals surface area (Å²) in [5.41, 5.74) is 0. The second kappa shape index (κ2) is 8.04. The van der Waals surface area contributed by atoms with E-state index in [0.717, 1.165) is 5.75 Å². The Balaban J connectivity index is 0. The molecule has 0 aromatic heterocycles. The standard InChI is InChI=1S/C5H12OS.HI/c1-5(2)7-4-3-6;/h5-6H,3-4H2,1-2H3;1H. The second-order valence-corrected chi connectivity index (χ2v) is 3.33. The van der Waals surface area contributed by atoms with Crippen LogP contribution in [0.15, 0.2) is 0 Å². The molecule has 0 aromatic rings. The van der Waals surface area contributed by atoms with Crippen LogP contribution in [0.3, 0.4) is 0 Å². The molecule has 1 nitrogen and oxygen atoms in total. The van der Waals surface area contributed by atoms with Crippen LogP contribution in [0.4, 0.5) is 0 Å². The summed E-state index contributed by atoms with van der Waals surface area (Å²) in [5.74, 6) is 0.873. The van der Waals surface area contributed by atoms with Gasteiger partial charge in [0.05, 0.1) is 6.61 Å². The highest BCUT2D eigenvalue weighted by Crippen LogP contribution is 2.06. The molecule has 0 radical (unpaired) electrons. The lowest BCUT2D eigenvalue weighted by Crippen LogP contribution is -1.92. The monoisotopic (exact) mass is 248 g/mol. The molecule has 0 aliphatic carbocycles. The van der Waals surface area contributed by atoms with Gasteiger partial charge in [0.2, 0.25) is 0 Å². The van der Waals surface area contributed by atoms with Gasteiger partial charge < -0.3 is 5.11 Å². The minimum Gasteiger partial charge on any atom is -0.396 e. The Kier molecular flexibility index (Phi) is 11.8. The molecular formula is C5H13IOS. The molecule has 0 rings (SSSR count). The van der Waals surface area contributed by atoms with E-state index in [9.17, 15) is 0 Å². The molecule has 0 amide bonds. The first-order chi connectivity index (χ1) is 3.27. The maximum atomic E-state index is 8.29. The number of thioether (sulfide) groups is 1. The van der Waals surface area contributed by atoms with Crippen LogP contribution in [0.1, 0.15) is 13.8 Å². The first-order valence-corrected chi connectivity index (χ1v) is 3.54. The average Bonchev–Trinajstić information content (AvgIpc) is 1.61. The minimum absolute atomic E-state index is 0. The van der Waals surface area contributed by atoms with Crippen molar-refractivity contribution in [2.75, 3.05) is 12.4 Å². The van der Waals surface area contributed by atoms with E-state index >= 15 is 0 Å². The van der Waals surface area contributed by atoms with Crippen molar-refractivity contribution >= 4 is 35.7 Å². The Morgan fingerprint density at radius 1 is 1.50 bits per heavy atom. The molecule has 0 aliphatic heterocycles. The molecule has 0 aliphatic rings. The molecule has 52 valence electrons. The quantitative estimate of drug-likeness (QED) is 0.768. The number of rotatable bonds is 3. The van der Waals surface area contributed by atoms with Crippen LogP contribution >= 0.6 is 35.7 Å². The largest absolute Gasteiger partial charge is 0.396 e. The molecule has 0 atom stereocenters. The van der Waals surface area contributed by atoms with Crippen molar-refractivity contribution in [2.45, 2.75) is 19.1 Å². The van der Waals surface area contributed by atoms with Gasteiger partial charge in [-0.2, -0.15) is 11.8 Å². The summed E-state index contributed by atoms with van der Waals surface area (Å²) in [6.07, 6.45) is 0. The molecule has 0 fully saturated rings. The molecule has 0 unspecified atom stereocenters. The zero-order chi connectivity index (χ0) is 5.70. The summed E-state index contributed by atoms with van der Waals surface area (Å²) in [5, 5.41) is 8.95. The Hall–Kier alpha value is 1.04. The van der Waals surface area contributed by atoms with Crippen LogP contribution in [-0.4, -0.2) is 22.7 Å². The van der Waals surface area contributed by atoms with Crippen molar-refractivity contribution in [3.63, 3.8) is 0 Å². The first kappa shape index (κ1) is 11.8. The zero-order valence-corrected chi connectivity index (χ0v) is 8.40. The highest BCUT2D eigenvalue weighted by molar-refractivity contribution is 14.0. The van der Waals surface area contributed by atoms with E-state index in [1.807, 2.05) is 0 Å². The Morgan fingerprint density at radius 2 is 2.00 bits per heavy atom. The minimum atomic E-state index is 0. The van der Waals surface area contributed by atoms with Crippen LogP contribution in [0.2, 0.25) is 0 Å². The molecule has 1 N–H and O–H groups in total. The van der Waals surface area contributed by atoms with Gasteiger partial charge in [0.25, 0.3) is 0 Å². The third-order valence-electron chi connectivity index (χ3n) is 0.542. The molecular weight excluding hydrogens is 235 g/mol. The number of aliphatic hydroxyl groups is 1. The zero-order valence-electron chi connectivity index (χ0n) is 5.26. The molecule has 0 saturated carbocycles. The van der Waals surface area contributed by atoms with Gasteiger partial charge >= 0.3 is 0 Å². The molecule has 0 heterocycles. The van der Waals surface area contributed by atoms with E-state index < -0.39 is 0 Å². The third-order valence-corrected chi connectivity index (χ3v) is 1.63. The average molecular weight is 248 g/mol. The first-order valence-electron chi connectivity index (χ1n) is 2.50. The Labute approximate surface area is 72.3 Å². The summed E-state index contributed by atoms with van der Waals surface area (Å²) in [6.45, 7) is 4.56. The topological polar surface area (TPSA) is 20.2 Å². The second-order valence-electron chi connectivity index (χ2n) is 1.64. The molecule has 0 aromatic carbocycles. The summed E-state index contributed by atoms with van der Waals surface area (Å²) in [7, 11) is 0. The Bertz CT molecular complexity index is 41.4. The van der Waals surface area contributed by atoms with Crippen molar-refractivity contribution in [2.24, 2.45) is 0 Å². The molecule has 0 bridgehead atoms. The fourth-order valence-corrected chi connectivity index (χ4v) is 0.865. The smallest absolute Gasteiger partial charge is 0.0521 e. The summed E-state index contributed by atoms with van der Waals surface area (Å²) in [6, 6.07) is 0. The van der Waals surface area contributed by atoms with E-state index in [1.165, 1.54) is 0 Å². The van der Waals surface area contributed by atoms with E-state index in [-0.39, 0.29) is 24.0 Å². The summed E-state index contributed by atoms with van der Waals surface area (Å²) in [4.78, 5) is 0. The predicted octanol–water partition coefficient (Wildman–Crippen LogP) is 1.74. The van der Waals surface area contributed by atoms with Crippen molar-refractivity contribution < 1.29 is 5.11 Å². The fraction of sp³-hybridized carbons (Fsp3) is 1.00. The van der Waals surface area contributed by atoms with E-state index in [1.54, 1.807) is 11.8 Å². The fourth-order valence-electron chi connectivity index (χ4n) is 0.288. The van der Waals surface area contributed by atoms with Crippen molar-refractivity contribution in [3.05, 3.63) is 0 Å². The number of hydrogen-bond acceptors (Lipinski definition) is 2. The summed E-state index contributed by atoms with van der Waals surface area (Å²) < 4.78 is 0. The van der Waals surface area contributed by atoms with Gasteiger partial charge in [0, 0.05) is 5.75 Å². The lowest BCUT2D eigenvalue weighted by Gasteiger charge is -1.98. The van der Waals surface area contributed by atoms with Gasteiger partial charge in [-0.1, -0.05) is 13.8 Å². The van der Waals surface area contributed by atoms with E-state index in [4.69, 9.17) is 5.11 Å².